The third-order valence-corrected chi connectivity index (χ3v) is 4.89. The number of hydrogen-bond acceptors (Lipinski definition) is 8. The van der Waals surface area contributed by atoms with Crippen LogP contribution in [0.15, 0.2) is 43.5 Å². The first-order chi connectivity index (χ1) is 14.0. The van der Waals surface area contributed by atoms with Crippen LogP contribution in [0.1, 0.15) is 22.3 Å². The molecule has 0 unspecified atom stereocenters. The number of anilines is 1. The van der Waals surface area contributed by atoms with Gasteiger partial charge in [-0.25, -0.2) is 9.59 Å². The molecule has 1 aliphatic rings. The standard InChI is InChI=1S/C20H21N3O5S/c1-3-5-27-19(25)14-7-13(11-21)8-15(9-14)23-18(24)17-10-16(12-22-17)29-20(26)28-6-4-2/h3-4,7-9,16-17,22H,1-2,5-6,10,12H2,(H,23,24)/t16-,17-/m0/s1. The third kappa shape index (κ3) is 6.78. The Bertz CT molecular complexity index is 849. The number of nitrogens with zero attached hydrogens (tertiary/aromatic N) is 1. The molecule has 0 bridgehead atoms. The van der Waals surface area contributed by atoms with Gasteiger partial charge in [0.15, 0.2) is 0 Å². The van der Waals surface area contributed by atoms with Crippen molar-refractivity contribution in [3.05, 3.63) is 54.6 Å². The summed E-state index contributed by atoms with van der Waals surface area (Å²) in [6.07, 6.45) is 3.35. The Morgan fingerprint density at radius 1 is 1.24 bits per heavy atom. The molecule has 2 rings (SSSR count). The van der Waals surface area contributed by atoms with Gasteiger partial charge in [-0.3, -0.25) is 4.79 Å². The van der Waals surface area contributed by atoms with E-state index >= 15 is 0 Å². The SMILES string of the molecule is C=CCOC(=O)S[C@@H]1CN[C@H](C(=O)Nc2cc(C#N)cc(C(=O)OCC=C)c2)C1. The molecule has 1 saturated heterocycles. The number of rotatable bonds is 8. The number of nitriles is 1. The minimum atomic E-state index is -0.619. The van der Waals surface area contributed by atoms with Crippen molar-refractivity contribution in [1.82, 2.24) is 5.32 Å². The summed E-state index contributed by atoms with van der Waals surface area (Å²) in [5.74, 6) is -0.945. The molecule has 8 nitrogen and oxygen atoms in total. The van der Waals surface area contributed by atoms with Crippen molar-refractivity contribution >= 4 is 34.6 Å². The Morgan fingerprint density at radius 3 is 2.66 bits per heavy atom. The summed E-state index contributed by atoms with van der Waals surface area (Å²) in [7, 11) is 0. The van der Waals surface area contributed by atoms with Crippen molar-refractivity contribution in [3.63, 3.8) is 0 Å². The average molecular weight is 415 g/mol. The molecule has 152 valence electrons. The van der Waals surface area contributed by atoms with Crippen molar-refractivity contribution in [3.8, 4) is 6.07 Å². The molecule has 1 aromatic carbocycles. The van der Waals surface area contributed by atoms with Crippen LogP contribution in [-0.4, -0.2) is 48.2 Å². The lowest BCUT2D eigenvalue weighted by Gasteiger charge is -2.13. The molecular formula is C20H21N3O5S. The fraction of sp³-hybridized carbons (Fsp3) is 0.300. The maximum absolute atomic E-state index is 12.5. The van der Waals surface area contributed by atoms with E-state index in [2.05, 4.69) is 23.8 Å². The van der Waals surface area contributed by atoms with Crippen molar-refractivity contribution in [2.75, 3.05) is 25.1 Å². The maximum atomic E-state index is 12.5. The Balaban J connectivity index is 1.99. The van der Waals surface area contributed by atoms with Gasteiger partial charge in [0.05, 0.1) is 23.2 Å². The summed E-state index contributed by atoms with van der Waals surface area (Å²) in [6, 6.07) is 5.73. The van der Waals surface area contributed by atoms with Crippen LogP contribution in [0.4, 0.5) is 10.5 Å². The number of benzene rings is 1. The van der Waals surface area contributed by atoms with Gasteiger partial charge in [-0.05, 0) is 36.4 Å². The number of esters is 1. The molecule has 1 aliphatic heterocycles. The van der Waals surface area contributed by atoms with E-state index < -0.39 is 17.3 Å². The molecular weight excluding hydrogens is 394 g/mol. The molecule has 0 saturated carbocycles. The number of carbonyl (C=O) groups excluding carboxylic acids is 3. The Kier molecular flexibility index (Phi) is 8.45. The van der Waals surface area contributed by atoms with Crippen molar-refractivity contribution in [2.24, 2.45) is 0 Å². The molecule has 2 N–H and O–H groups in total. The lowest BCUT2D eigenvalue weighted by molar-refractivity contribution is -0.117. The van der Waals surface area contributed by atoms with Gasteiger partial charge in [-0.1, -0.05) is 25.3 Å². The molecule has 0 spiro atoms. The van der Waals surface area contributed by atoms with Crippen LogP contribution in [0.2, 0.25) is 0 Å². The number of ether oxygens (including phenoxy) is 2. The summed E-state index contributed by atoms with van der Waals surface area (Å²) in [6.45, 7) is 7.61. The van der Waals surface area contributed by atoms with E-state index in [4.69, 9.17) is 9.47 Å². The van der Waals surface area contributed by atoms with Crippen LogP contribution in [0, 0.1) is 11.3 Å². The molecule has 1 aromatic rings. The molecule has 2 atom stereocenters. The van der Waals surface area contributed by atoms with E-state index in [0.717, 1.165) is 11.8 Å². The van der Waals surface area contributed by atoms with Gasteiger partial charge in [0.1, 0.15) is 13.2 Å². The van der Waals surface area contributed by atoms with Crippen LogP contribution in [0.25, 0.3) is 0 Å². The lowest BCUT2D eigenvalue weighted by Crippen LogP contribution is -2.35. The van der Waals surface area contributed by atoms with Crippen LogP contribution in [0.3, 0.4) is 0 Å². The summed E-state index contributed by atoms with van der Waals surface area (Å²) in [4.78, 5) is 36.2. The van der Waals surface area contributed by atoms with Gasteiger partial charge in [0.25, 0.3) is 0 Å². The van der Waals surface area contributed by atoms with Gasteiger partial charge >= 0.3 is 11.3 Å². The second kappa shape index (κ2) is 11.0. The van der Waals surface area contributed by atoms with Crippen molar-refractivity contribution < 1.29 is 23.9 Å². The predicted molar refractivity (Wildman–Crippen MR) is 110 cm³/mol. The first kappa shape index (κ1) is 22.2. The Labute approximate surface area is 172 Å². The summed E-state index contributed by atoms with van der Waals surface area (Å²) in [5, 5.41) is 14.4. The zero-order valence-corrected chi connectivity index (χ0v) is 16.5. The molecule has 1 amide bonds. The highest BCUT2D eigenvalue weighted by atomic mass is 32.2. The van der Waals surface area contributed by atoms with E-state index in [0.29, 0.717) is 18.7 Å². The van der Waals surface area contributed by atoms with Crippen LogP contribution < -0.4 is 10.6 Å². The van der Waals surface area contributed by atoms with Gasteiger partial charge in [0.2, 0.25) is 5.91 Å². The highest BCUT2D eigenvalue weighted by Crippen LogP contribution is 2.24. The fourth-order valence-electron chi connectivity index (χ4n) is 2.62. The number of amides is 1. The Hall–Kier alpha value is -3.09. The average Bonchev–Trinajstić information content (AvgIpc) is 3.18. The predicted octanol–water partition coefficient (Wildman–Crippen LogP) is 2.63. The molecule has 0 radical (unpaired) electrons. The van der Waals surface area contributed by atoms with Crippen molar-refractivity contribution in [2.45, 2.75) is 17.7 Å². The van der Waals surface area contributed by atoms with Gasteiger partial charge < -0.3 is 20.1 Å². The smallest absolute Gasteiger partial charge is 0.367 e. The first-order valence-corrected chi connectivity index (χ1v) is 9.66. The van der Waals surface area contributed by atoms with Crippen LogP contribution in [-0.2, 0) is 14.3 Å². The highest BCUT2D eigenvalue weighted by molar-refractivity contribution is 8.13. The van der Waals surface area contributed by atoms with Crippen LogP contribution >= 0.6 is 11.8 Å². The van der Waals surface area contributed by atoms with E-state index in [1.54, 1.807) is 0 Å². The maximum Gasteiger partial charge on any atom is 0.367 e. The number of nitrogens with one attached hydrogen (secondary N) is 2. The second-order valence-electron chi connectivity index (χ2n) is 6.07. The summed E-state index contributed by atoms with van der Waals surface area (Å²) < 4.78 is 9.90. The molecule has 1 fully saturated rings. The molecule has 0 aliphatic carbocycles. The van der Waals surface area contributed by atoms with Gasteiger partial charge in [-0.2, -0.15) is 5.26 Å². The summed E-state index contributed by atoms with van der Waals surface area (Å²) >= 11 is 1.03. The van der Waals surface area contributed by atoms with Gasteiger partial charge in [0, 0.05) is 17.5 Å². The molecule has 0 aromatic heterocycles. The third-order valence-electron chi connectivity index (χ3n) is 3.89. The molecule has 1 heterocycles. The van der Waals surface area contributed by atoms with E-state index in [1.807, 2.05) is 6.07 Å². The fourth-order valence-corrected chi connectivity index (χ4v) is 3.50. The number of carbonyl (C=O) groups is 3. The minimum Gasteiger partial charge on any atom is -0.458 e. The minimum absolute atomic E-state index is 0.0393. The highest BCUT2D eigenvalue weighted by Gasteiger charge is 2.31. The number of hydrogen-bond donors (Lipinski definition) is 2. The quantitative estimate of drug-likeness (QED) is 0.491. The van der Waals surface area contributed by atoms with Crippen LogP contribution in [0.5, 0.6) is 0 Å². The van der Waals surface area contributed by atoms with Gasteiger partial charge in [-0.15, -0.1) is 0 Å². The lowest BCUT2D eigenvalue weighted by atomic mass is 10.1. The Morgan fingerprint density at radius 2 is 1.97 bits per heavy atom. The zero-order chi connectivity index (χ0) is 21.2. The van der Waals surface area contributed by atoms with E-state index in [1.165, 1.54) is 30.4 Å². The molecule has 9 heteroatoms. The van der Waals surface area contributed by atoms with Crippen molar-refractivity contribution in [1.29, 1.82) is 5.26 Å². The molecule has 29 heavy (non-hydrogen) atoms. The topological polar surface area (TPSA) is 118 Å². The monoisotopic (exact) mass is 415 g/mol. The van der Waals surface area contributed by atoms with E-state index in [9.17, 15) is 19.6 Å². The zero-order valence-electron chi connectivity index (χ0n) is 15.7. The van der Waals surface area contributed by atoms with E-state index in [-0.39, 0.29) is 35.5 Å². The normalized spacial score (nSPS) is 17.6. The number of thioether (sulfide) groups is 1. The summed E-state index contributed by atoms with van der Waals surface area (Å²) in [5.41, 5.74) is 0.674. The largest absolute Gasteiger partial charge is 0.458 e. The first-order valence-electron chi connectivity index (χ1n) is 8.78. The second-order valence-corrected chi connectivity index (χ2v) is 7.31.